The molecule has 1 aliphatic carbocycles. The summed E-state index contributed by atoms with van der Waals surface area (Å²) in [6.45, 7) is 2.53. The molecule has 5 nitrogen and oxygen atoms in total. The van der Waals surface area contributed by atoms with Crippen molar-refractivity contribution in [2.24, 2.45) is 0 Å². The molecule has 3 rings (SSSR count). The third kappa shape index (κ3) is 2.80. The van der Waals surface area contributed by atoms with Crippen molar-refractivity contribution in [2.45, 2.75) is 32.4 Å². The first-order chi connectivity index (χ1) is 8.79. The van der Waals surface area contributed by atoms with E-state index in [9.17, 15) is 0 Å². The molecule has 1 fully saturated rings. The molecule has 0 unspecified atom stereocenters. The Balaban J connectivity index is 1.68. The van der Waals surface area contributed by atoms with Crippen LogP contribution in [0.2, 0.25) is 0 Å². The van der Waals surface area contributed by atoms with Gasteiger partial charge in [0.05, 0.1) is 12.8 Å². The van der Waals surface area contributed by atoms with Crippen LogP contribution in [0, 0.1) is 6.92 Å². The van der Waals surface area contributed by atoms with Gasteiger partial charge in [-0.2, -0.15) is 0 Å². The second-order valence-corrected chi connectivity index (χ2v) is 4.54. The zero-order valence-electron chi connectivity index (χ0n) is 10.3. The summed E-state index contributed by atoms with van der Waals surface area (Å²) in [6.07, 6.45) is 4.14. The third-order valence-corrected chi connectivity index (χ3v) is 2.79. The molecule has 2 aromatic rings. The van der Waals surface area contributed by atoms with Gasteiger partial charge in [0.15, 0.2) is 0 Å². The van der Waals surface area contributed by atoms with Gasteiger partial charge in [-0.1, -0.05) is 0 Å². The Labute approximate surface area is 106 Å². The van der Waals surface area contributed by atoms with Gasteiger partial charge in [-0.3, -0.25) is 0 Å². The summed E-state index contributed by atoms with van der Waals surface area (Å²) in [5.74, 6) is 3.37. The summed E-state index contributed by atoms with van der Waals surface area (Å²) in [5.41, 5.74) is 0. The normalized spacial score (nSPS) is 14.5. The highest BCUT2D eigenvalue weighted by molar-refractivity contribution is 5.48. The molecule has 0 spiro atoms. The Morgan fingerprint density at radius 3 is 2.89 bits per heavy atom. The number of anilines is 2. The van der Waals surface area contributed by atoms with Crippen molar-refractivity contribution in [3.8, 4) is 0 Å². The van der Waals surface area contributed by atoms with E-state index in [1.165, 1.54) is 12.8 Å². The standard InChI is InChI=1S/C13H16N4O/c1-9-15-12(14-8-11-3-2-6-18-11)7-13(16-9)17-10-4-5-10/h2-3,6-7,10H,4-5,8H2,1H3,(H2,14,15,16,17). The summed E-state index contributed by atoms with van der Waals surface area (Å²) in [7, 11) is 0. The van der Waals surface area contributed by atoms with Crippen molar-refractivity contribution in [3.05, 3.63) is 36.0 Å². The van der Waals surface area contributed by atoms with E-state index in [1.54, 1.807) is 6.26 Å². The zero-order valence-corrected chi connectivity index (χ0v) is 10.3. The highest BCUT2D eigenvalue weighted by atomic mass is 16.3. The molecule has 0 bridgehead atoms. The van der Waals surface area contributed by atoms with E-state index in [2.05, 4.69) is 20.6 Å². The molecule has 0 aliphatic heterocycles. The van der Waals surface area contributed by atoms with Gasteiger partial charge in [-0.15, -0.1) is 0 Å². The topological polar surface area (TPSA) is 63.0 Å². The summed E-state index contributed by atoms with van der Waals surface area (Å²) < 4.78 is 5.27. The molecule has 0 amide bonds. The Morgan fingerprint density at radius 1 is 1.33 bits per heavy atom. The predicted molar refractivity (Wildman–Crippen MR) is 69.4 cm³/mol. The van der Waals surface area contributed by atoms with Crippen LogP contribution < -0.4 is 10.6 Å². The molecule has 5 heteroatoms. The molecule has 1 saturated carbocycles. The fraction of sp³-hybridized carbons (Fsp3) is 0.385. The molecule has 18 heavy (non-hydrogen) atoms. The quantitative estimate of drug-likeness (QED) is 0.846. The highest BCUT2D eigenvalue weighted by Gasteiger charge is 2.21. The van der Waals surface area contributed by atoms with Crippen LogP contribution in [0.1, 0.15) is 24.4 Å². The smallest absolute Gasteiger partial charge is 0.132 e. The Hall–Kier alpha value is -2.04. The Morgan fingerprint density at radius 2 is 2.17 bits per heavy atom. The second-order valence-electron chi connectivity index (χ2n) is 4.54. The first-order valence-corrected chi connectivity index (χ1v) is 6.18. The number of nitrogens with zero attached hydrogens (tertiary/aromatic N) is 2. The highest BCUT2D eigenvalue weighted by Crippen LogP contribution is 2.24. The van der Waals surface area contributed by atoms with Gasteiger partial charge in [0, 0.05) is 12.1 Å². The van der Waals surface area contributed by atoms with E-state index in [1.807, 2.05) is 25.1 Å². The van der Waals surface area contributed by atoms with Crippen LogP contribution in [-0.4, -0.2) is 16.0 Å². The van der Waals surface area contributed by atoms with E-state index >= 15 is 0 Å². The third-order valence-electron chi connectivity index (χ3n) is 2.79. The van der Waals surface area contributed by atoms with Crippen molar-refractivity contribution < 1.29 is 4.42 Å². The Kier molecular flexibility index (Phi) is 2.88. The van der Waals surface area contributed by atoms with Crippen molar-refractivity contribution in [1.29, 1.82) is 0 Å². The molecule has 1 aliphatic rings. The SMILES string of the molecule is Cc1nc(NCc2ccco2)cc(NC2CC2)n1. The number of aryl methyl sites for hydroxylation is 1. The molecule has 0 radical (unpaired) electrons. The summed E-state index contributed by atoms with van der Waals surface area (Å²) in [4.78, 5) is 8.73. The molecule has 2 aromatic heterocycles. The monoisotopic (exact) mass is 244 g/mol. The number of rotatable bonds is 5. The minimum Gasteiger partial charge on any atom is -0.467 e. The number of aromatic nitrogens is 2. The fourth-order valence-corrected chi connectivity index (χ4v) is 1.76. The maximum atomic E-state index is 5.27. The van der Waals surface area contributed by atoms with Crippen molar-refractivity contribution in [3.63, 3.8) is 0 Å². The van der Waals surface area contributed by atoms with Crippen LogP contribution in [-0.2, 0) is 6.54 Å². The van der Waals surface area contributed by atoms with E-state index in [-0.39, 0.29) is 0 Å². The Bertz CT molecular complexity index is 520. The van der Waals surface area contributed by atoms with Crippen LogP contribution in [0.3, 0.4) is 0 Å². The van der Waals surface area contributed by atoms with Crippen LogP contribution >= 0.6 is 0 Å². The predicted octanol–water partition coefficient (Wildman–Crippen LogP) is 2.56. The average molecular weight is 244 g/mol. The van der Waals surface area contributed by atoms with Crippen molar-refractivity contribution in [2.75, 3.05) is 10.6 Å². The minimum absolute atomic E-state index is 0.595. The average Bonchev–Trinajstić information content (AvgIpc) is 2.99. The summed E-state index contributed by atoms with van der Waals surface area (Å²) in [5, 5.41) is 6.61. The largest absolute Gasteiger partial charge is 0.467 e. The van der Waals surface area contributed by atoms with E-state index < -0.39 is 0 Å². The molecule has 0 atom stereocenters. The van der Waals surface area contributed by atoms with E-state index in [4.69, 9.17) is 4.42 Å². The number of hydrogen-bond acceptors (Lipinski definition) is 5. The van der Waals surface area contributed by atoms with Crippen LogP contribution in [0.5, 0.6) is 0 Å². The summed E-state index contributed by atoms with van der Waals surface area (Å²) in [6, 6.07) is 6.35. The number of furan rings is 1. The minimum atomic E-state index is 0.595. The first-order valence-electron chi connectivity index (χ1n) is 6.18. The molecule has 0 saturated heterocycles. The molecular weight excluding hydrogens is 228 g/mol. The van der Waals surface area contributed by atoms with Crippen LogP contribution in [0.25, 0.3) is 0 Å². The first kappa shape index (κ1) is 11.1. The second kappa shape index (κ2) is 4.68. The maximum absolute atomic E-state index is 5.27. The lowest BCUT2D eigenvalue weighted by molar-refractivity contribution is 0.518. The van der Waals surface area contributed by atoms with Gasteiger partial charge in [-0.05, 0) is 31.9 Å². The molecular formula is C13H16N4O. The van der Waals surface area contributed by atoms with Crippen LogP contribution in [0.4, 0.5) is 11.6 Å². The fourth-order valence-electron chi connectivity index (χ4n) is 1.76. The van der Waals surface area contributed by atoms with Gasteiger partial charge in [-0.25, -0.2) is 9.97 Å². The molecule has 2 heterocycles. The van der Waals surface area contributed by atoms with Gasteiger partial charge >= 0.3 is 0 Å². The lowest BCUT2D eigenvalue weighted by Gasteiger charge is -2.08. The van der Waals surface area contributed by atoms with E-state index in [0.717, 1.165) is 23.2 Å². The van der Waals surface area contributed by atoms with Gasteiger partial charge in [0.25, 0.3) is 0 Å². The van der Waals surface area contributed by atoms with E-state index in [0.29, 0.717) is 12.6 Å². The van der Waals surface area contributed by atoms with Crippen molar-refractivity contribution >= 4 is 11.6 Å². The van der Waals surface area contributed by atoms with Gasteiger partial charge in [0.1, 0.15) is 23.2 Å². The number of hydrogen-bond donors (Lipinski definition) is 2. The lowest BCUT2D eigenvalue weighted by atomic mass is 10.4. The maximum Gasteiger partial charge on any atom is 0.132 e. The lowest BCUT2D eigenvalue weighted by Crippen LogP contribution is -2.07. The molecule has 0 aromatic carbocycles. The van der Waals surface area contributed by atoms with Crippen LogP contribution in [0.15, 0.2) is 28.9 Å². The van der Waals surface area contributed by atoms with Gasteiger partial charge in [0.2, 0.25) is 0 Å². The molecule has 94 valence electrons. The number of nitrogens with one attached hydrogen (secondary N) is 2. The summed E-state index contributed by atoms with van der Waals surface area (Å²) >= 11 is 0. The van der Waals surface area contributed by atoms with Gasteiger partial charge < -0.3 is 15.1 Å². The molecule has 2 N–H and O–H groups in total. The van der Waals surface area contributed by atoms with Crippen molar-refractivity contribution in [1.82, 2.24) is 9.97 Å². The zero-order chi connectivity index (χ0) is 12.4.